The second kappa shape index (κ2) is 7.40. The number of benzene rings is 2. The molecule has 1 amide bonds. The van der Waals surface area contributed by atoms with Gasteiger partial charge in [-0.3, -0.25) is 4.79 Å². The Balaban J connectivity index is 1.73. The van der Waals surface area contributed by atoms with Gasteiger partial charge < -0.3 is 15.0 Å². The largest absolute Gasteiger partial charge is 0.465 e. The topological polar surface area (TPSA) is 84.1 Å². The molecule has 6 nitrogen and oxygen atoms in total. The number of aromatic amines is 1. The van der Waals surface area contributed by atoms with E-state index in [9.17, 15) is 9.59 Å². The molecule has 0 radical (unpaired) electrons. The van der Waals surface area contributed by atoms with Crippen LogP contribution in [0.1, 0.15) is 22.8 Å². The van der Waals surface area contributed by atoms with Crippen LogP contribution < -0.4 is 5.32 Å². The summed E-state index contributed by atoms with van der Waals surface area (Å²) >= 11 is 1.54. The van der Waals surface area contributed by atoms with Gasteiger partial charge in [0.1, 0.15) is 5.52 Å². The molecule has 2 aromatic carbocycles. The smallest absolute Gasteiger partial charge is 0.340 e. The number of anilines is 1. The zero-order valence-electron chi connectivity index (χ0n) is 13.8. The molecule has 1 heterocycles. The standard InChI is InChI=1S/C18H17N3O3S/c1-11(22)19-13-8-6-12(7-9-13)10-25-18-20-15-5-3-4-14(16(15)21-18)17(23)24-2/h3-9H,10H2,1-2H3,(H,19,22)(H,20,21). The number of fused-ring (bicyclic) bond motifs is 1. The number of para-hydroxylation sites is 1. The van der Waals surface area contributed by atoms with E-state index in [1.54, 1.807) is 23.9 Å². The van der Waals surface area contributed by atoms with Gasteiger partial charge in [-0.25, -0.2) is 9.78 Å². The average molecular weight is 355 g/mol. The zero-order valence-corrected chi connectivity index (χ0v) is 14.6. The number of carbonyl (C=O) groups excluding carboxylic acids is 2. The first-order chi connectivity index (χ1) is 12.1. The van der Waals surface area contributed by atoms with E-state index in [1.807, 2.05) is 30.3 Å². The van der Waals surface area contributed by atoms with Crippen LogP contribution in [0.25, 0.3) is 11.0 Å². The molecule has 1 aromatic heterocycles. The number of esters is 1. The van der Waals surface area contributed by atoms with Gasteiger partial charge in [-0.15, -0.1) is 0 Å². The molecule has 0 unspecified atom stereocenters. The van der Waals surface area contributed by atoms with Crippen LogP contribution in [0.3, 0.4) is 0 Å². The molecular formula is C18H17N3O3S. The van der Waals surface area contributed by atoms with Crippen LogP contribution in [-0.4, -0.2) is 29.0 Å². The summed E-state index contributed by atoms with van der Waals surface area (Å²) in [4.78, 5) is 30.6. The molecule has 0 atom stereocenters. The Morgan fingerprint density at radius 1 is 1.20 bits per heavy atom. The molecule has 0 aliphatic heterocycles. The van der Waals surface area contributed by atoms with Crippen molar-refractivity contribution >= 4 is 40.4 Å². The van der Waals surface area contributed by atoms with Crippen LogP contribution in [0.2, 0.25) is 0 Å². The molecule has 3 rings (SSSR count). The summed E-state index contributed by atoms with van der Waals surface area (Å²) in [7, 11) is 1.36. The van der Waals surface area contributed by atoms with Gasteiger partial charge in [0.15, 0.2) is 5.16 Å². The quantitative estimate of drug-likeness (QED) is 0.540. The number of hydrogen-bond donors (Lipinski definition) is 2. The number of aromatic nitrogens is 2. The number of thioether (sulfide) groups is 1. The Bertz CT molecular complexity index is 919. The summed E-state index contributed by atoms with van der Waals surface area (Å²) in [5.74, 6) is 0.223. The fraction of sp³-hybridized carbons (Fsp3) is 0.167. The second-order valence-corrected chi connectivity index (χ2v) is 6.37. The van der Waals surface area contributed by atoms with Crippen molar-refractivity contribution in [2.75, 3.05) is 12.4 Å². The van der Waals surface area contributed by atoms with Gasteiger partial charge >= 0.3 is 5.97 Å². The number of ether oxygens (including phenoxy) is 1. The third-order valence-corrected chi connectivity index (χ3v) is 4.49. The van der Waals surface area contributed by atoms with Crippen molar-refractivity contribution in [3.63, 3.8) is 0 Å². The number of rotatable bonds is 5. The first-order valence-corrected chi connectivity index (χ1v) is 8.62. The monoisotopic (exact) mass is 355 g/mol. The minimum absolute atomic E-state index is 0.0918. The van der Waals surface area contributed by atoms with E-state index in [0.29, 0.717) is 16.8 Å². The molecular weight excluding hydrogens is 338 g/mol. The van der Waals surface area contributed by atoms with E-state index in [4.69, 9.17) is 4.74 Å². The highest BCUT2D eigenvalue weighted by atomic mass is 32.2. The van der Waals surface area contributed by atoms with E-state index in [2.05, 4.69) is 15.3 Å². The Morgan fingerprint density at radius 2 is 1.96 bits per heavy atom. The van der Waals surface area contributed by atoms with Gasteiger partial charge in [0.2, 0.25) is 5.91 Å². The van der Waals surface area contributed by atoms with Crippen LogP contribution in [0.4, 0.5) is 5.69 Å². The number of carbonyl (C=O) groups is 2. The number of methoxy groups -OCH3 is 1. The average Bonchev–Trinajstić information content (AvgIpc) is 3.03. The lowest BCUT2D eigenvalue weighted by atomic mass is 10.2. The SMILES string of the molecule is COC(=O)c1cccc2[nH]c(SCc3ccc(NC(C)=O)cc3)nc12. The maximum absolute atomic E-state index is 11.8. The fourth-order valence-corrected chi connectivity index (χ4v) is 3.23. The lowest BCUT2D eigenvalue weighted by molar-refractivity contribution is -0.114. The van der Waals surface area contributed by atoms with Gasteiger partial charge in [0.05, 0.1) is 18.2 Å². The van der Waals surface area contributed by atoms with Crippen molar-refractivity contribution in [1.82, 2.24) is 9.97 Å². The Labute approximate surface area is 149 Å². The number of imidazole rings is 1. The minimum Gasteiger partial charge on any atom is -0.465 e. The van der Waals surface area contributed by atoms with Crippen LogP contribution >= 0.6 is 11.8 Å². The van der Waals surface area contributed by atoms with Crippen molar-refractivity contribution in [2.45, 2.75) is 17.8 Å². The summed E-state index contributed by atoms with van der Waals surface area (Å²) in [6.45, 7) is 1.48. The number of nitrogens with zero attached hydrogens (tertiary/aromatic N) is 1. The van der Waals surface area contributed by atoms with Crippen LogP contribution in [-0.2, 0) is 15.3 Å². The summed E-state index contributed by atoms with van der Waals surface area (Å²) in [5.41, 5.74) is 3.73. The van der Waals surface area contributed by atoms with E-state index in [1.165, 1.54) is 14.0 Å². The molecule has 0 saturated heterocycles. The van der Waals surface area contributed by atoms with Gasteiger partial charge in [0.25, 0.3) is 0 Å². The first-order valence-electron chi connectivity index (χ1n) is 7.63. The highest BCUT2D eigenvalue weighted by Gasteiger charge is 2.14. The molecule has 2 N–H and O–H groups in total. The van der Waals surface area contributed by atoms with Crippen LogP contribution in [0.5, 0.6) is 0 Å². The van der Waals surface area contributed by atoms with Crippen LogP contribution in [0, 0.1) is 0 Å². The normalized spacial score (nSPS) is 10.6. The Morgan fingerprint density at radius 3 is 2.64 bits per heavy atom. The van der Waals surface area contributed by atoms with Crippen molar-refractivity contribution in [3.05, 3.63) is 53.6 Å². The first kappa shape index (κ1) is 17.0. The molecule has 0 aliphatic rings. The zero-order chi connectivity index (χ0) is 17.8. The van der Waals surface area contributed by atoms with Gasteiger partial charge in [0, 0.05) is 18.4 Å². The number of nitrogens with one attached hydrogen (secondary N) is 2. The van der Waals surface area contributed by atoms with E-state index < -0.39 is 5.97 Å². The number of H-pyrrole nitrogens is 1. The molecule has 7 heteroatoms. The molecule has 0 aliphatic carbocycles. The molecule has 3 aromatic rings. The molecule has 0 bridgehead atoms. The number of amides is 1. The predicted octanol–water partition coefficient (Wildman–Crippen LogP) is 3.60. The molecule has 0 spiro atoms. The van der Waals surface area contributed by atoms with Crippen molar-refractivity contribution in [2.24, 2.45) is 0 Å². The fourth-order valence-electron chi connectivity index (χ4n) is 2.39. The Hall–Kier alpha value is -2.80. The third kappa shape index (κ3) is 4.00. The minimum atomic E-state index is -0.401. The molecule has 0 saturated carbocycles. The van der Waals surface area contributed by atoms with Gasteiger partial charge in [-0.1, -0.05) is 30.0 Å². The maximum Gasteiger partial charge on any atom is 0.340 e. The highest BCUT2D eigenvalue weighted by Crippen LogP contribution is 2.25. The summed E-state index contributed by atoms with van der Waals surface area (Å²) < 4.78 is 4.79. The molecule has 25 heavy (non-hydrogen) atoms. The van der Waals surface area contributed by atoms with Crippen molar-refractivity contribution in [1.29, 1.82) is 0 Å². The maximum atomic E-state index is 11.8. The van der Waals surface area contributed by atoms with E-state index in [-0.39, 0.29) is 5.91 Å². The lowest BCUT2D eigenvalue weighted by Gasteiger charge is -2.03. The summed E-state index contributed by atoms with van der Waals surface area (Å²) in [6, 6.07) is 13.0. The number of hydrogen-bond acceptors (Lipinski definition) is 5. The predicted molar refractivity (Wildman–Crippen MR) is 97.7 cm³/mol. The third-order valence-electron chi connectivity index (χ3n) is 3.55. The van der Waals surface area contributed by atoms with Crippen molar-refractivity contribution < 1.29 is 14.3 Å². The Kier molecular flexibility index (Phi) is 5.04. The van der Waals surface area contributed by atoms with E-state index >= 15 is 0 Å². The van der Waals surface area contributed by atoms with Crippen LogP contribution in [0.15, 0.2) is 47.6 Å². The van der Waals surface area contributed by atoms with Crippen molar-refractivity contribution in [3.8, 4) is 0 Å². The lowest BCUT2D eigenvalue weighted by Crippen LogP contribution is -2.05. The summed E-state index contributed by atoms with van der Waals surface area (Å²) in [6.07, 6.45) is 0. The second-order valence-electron chi connectivity index (χ2n) is 5.40. The summed E-state index contributed by atoms with van der Waals surface area (Å²) in [5, 5.41) is 3.47. The molecule has 0 fully saturated rings. The molecule has 128 valence electrons. The van der Waals surface area contributed by atoms with Gasteiger partial charge in [-0.2, -0.15) is 0 Å². The van der Waals surface area contributed by atoms with Gasteiger partial charge in [-0.05, 0) is 29.8 Å². The highest BCUT2D eigenvalue weighted by molar-refractivity contribution is 7.98. The van der Waals surface area contributed by atoms with E-state index in [0.717, 1.165) is 21.9 Å².